The summed E-state index contributed by atoms with van der Waals surface area (Å²) in [6.45, 7) is 6.08. The van der Waals surface area contributed by atoms with Crippen molar-refractivity contribution in [3.8, 4) is 0 Å². The molecule has 1 saturated heterocycles. The molecular weight excluding hydrogens is 326 g/mol. The topological polar surface area (TPSA) is 116 Å². The molecular formula is C13H25N3O6S. The molecule has 0 bridgehead atoms. The maximum Gasteiger partial charge on any atom is 0.407 e. The minimum atomic E-state index is -3.27. The first-order valence-electron chi connectivity index (χ1n) is 7.29. The molecule has 1 rings (SSSR count). The van der Waals surface area contributed by atoms with Gasteiger partial charge in [-0.25, -0.2) is 13.2 Å². The molecule has 1 fully saturated rings. The summed E-state index contributed by atoms with van der Waals surface area (Å²) in [7, 11) is -3.27. The quantitative estimate of drug-likeness (QED) is 0.688. The number of nitrogens with one attached hydrogen (secondary N) is 1. The Kier molecular flexibility index (Phi) is 6.37. The Bertz CT molecular complexity index is 534. The highest BCUT2D eigenvalue weighted by Gasteiger charge is 2.32. The molecule has 1 amide bonds. The number of aliphatic carboxylic acids is 1. The Hall–Kier alpha value is -1.39. The smallest absolute Gasteiger partial charge is 0.407 e. The third-order valence-electron chi connectivity index (χ3n) is 3.31. The lowest BCUT2D eigenvalue weighted by Gasteiger charge is -2.36. The number of ether oxygens (including phenoxy) is 1. The second-order valence-corrected chi connectivity index (χ2v) is 8.42. The van der Waals surface area contributed by atoms with Crippen LogP contribution in [-0.2, 0) is 19.6 Å². The van der Waals surface area contributed by atoms with Crippen LogP contribution in [-0.4, -0.2) is 85.4 Å². The summed E-state index contributed by atoms with van der Waals surface area (Å²) in [5, 5.41) is 11.8. The Labute approximate surface area is 136 Å². The summed E-state index contributed by atoms with van der Waals surface area (Å²) < 4.78 is 29.3. The maximum absolute atomic E-state index is 11.6. The Morgan fingerprint density at radius 2 is 1.74 bits per heavy atom. The van der Waals surface area contributed by atoms with E-state index >= 15 is 0 Å². The Morgan fingerprint density at radius 1 is 1.22 bits per heavy atom. The molecule has 1 aliphatic heterocycles. The molecule has 0 radical (unpaired) electrons. The molecule has 0 aliphatic carbocycles. The third kappa shape index (κ3) is 6.71. The van der Waals surface area contributed by atoms with Gasteiger partial charge in [0.2, 0.25) is 10.0 Å². The minimum absolute atomic E-state index is 0.108. The summed E-state index contributed by atoms with van der Waals surface area (Å²) in [5.41, 5.74) is -0.663. The van der Waals surface area contributed by atoms with Crippen LogP contribution in [0.15, 0.2) is 0 Å². The van der Waals surface area contributed by atoms with E-state index in [0.717, 1.165) is 6.26 Å². The van der Waals surface area contributed by atoms with Crippen molar-refractivity contribution in [2.24, 2.45) is 0 Å². The number of carbonyl (C=O) groups is 2. The molecule has 0 saturated carbocycles. The number of amides is 1. The number of nitrogens with zero attached hydrogens (tertiary/aromatic N) is 2. The summed E-state index contributed by atoms with van der Waals surface area (Å²) in [5.74, 6) is -1.08. The fraction of sp³-hybridized carbons (Fsp3) is 0.846. The lowest BCUT2D eigenvalue weighted by molar-refractivity contribution is -0.143. The van der Waals surface area contributed by atoms with Gasteiger partial charge in [0.25, 0.3) is 0 Å². The first-order valence-corrected chi connectivity index (χ1v) is 9.14. The highest BCUT2D eigenvalue weighted by atomic mass is 32.2. The fourth-order valence-corrected chi connectivity index (χ4v) is 3.04. The average Bonchev–Trinajstić information content (AvgIpc) is 2.35. The Morgan fingerprint density at radius 3 is 2.13 bits per heavy atom. The number of hydrogen-bond donors (Lipinski definition) is 2. The summed E-state index contributed by atoms with van der Waals surface area (Å²) in [4.78, 5) is 24.7. The molecule has 9 nitrogen and oxygen atoms in total. The van der Waals surface area contributed by atoms with Crippen molar-refractivity contribution in [2.75, 3.05) is 39.0 Å². The zero-order chi connectivity index (χ0) is 17.8. The molecule has 134 valence electrons. The number of hydrogen-bond acceptors (Lipinski definition) is 6. The molecule has 2 N–H and O–H groups in total. The van der Waals surface area contributed by atoms with Crippen molar-refractivity contribution < 1.29 is 27.9 Å². The number of piperazine rings is 1. The molecule has 1 heterocycles. The molecule has 10 heteroatoms. The maximum atomic E-state index is 11.6. The van der Waals surface area contributed by atoms with Gasteiger partial charge in [-0.05, 0) is 20.8 Å². The standard InChI is InChI=1S/C13H25N3O6S/c1-13(2,3)22-12(19)14-9-10(11(17)18)15-5-7-16(8-6-15)23(4,20)21/h10H,5-9H2,1-4H3,(H,14,19)(H,17,18)/t10-/m1/s1. The zero-order valence-corrected chi connectivity index (χ0v) is 14.7. The largest absolute Gasteiger partial charge is 0.480 e. The van der Waals surface area contributed by atoms with E-state index in [1.54, 1.807) is 25.7 Å². The molecule has 0 unspecified atom stereocenters. The molecule has 1 atom stereocenters. The summed E-state index contributed by atoms with van der Waals surface area (Å²) in [6.07, 6.45) is 0.444. The second-order valence-electron chi connectivity index (χ2n) is 6.43. The highest BCUT2D eigenvalue weighted by Crippen LogP contribution is 2.10. The van der Waals surface area contributed by atoms with E-state index in [-0.39, 0.29) is 19.6 Å². The van der Waals surface area contributed by atoms with Gasteiger partial charge in [-0.1, -0.05) is 0 Å². The summed E-state index contributed by atoms with van der Waals surface area (Å²) in [6, 6.07) is -0.927. The molecule has 23 heavy (non-hydrogen) atoms. The monoisotopic (exact) mass is 351 g/mol. The fourth-order valence-electron chi connectivity index (χ4n) is 2.21. The van der Waals surface area contributed by atoms with Crippen LogP contribution < -0.4 is 5.32 Å². The van der Waals surface area contributed by atoms with Crippen LogP contribution in [0, 0.1) is 0 Å². The zero-order valence-electron chi connectivity index (χ0n) is 13.9. The van der Waals surface area contributed by atoms with Crippen LogP contribution in [0.2, 0.25) is 0 Å². The van der Waals surface area contributed by atoms with Crippen molar-refractivity contribution in [1.29, 1.82) is 0 Å². The highest BCUT2D eigenvalue weighted by molar-refractivity contribution is 7.88. The number of alkyl carbamates (subject to hydrolysis) is 1. The van der Waals surface area contributed by atoms with Gasteiger partial charge >= 0.3 is 12.1 Å². The number of rotatable bonds is 5. The van der Waals surface area contributed by atoms with Crippen LogP contribution in [0.1, 0.15) is 20.8 Å². The van der Waals surface area contributed by atoms with E-state index in [0.29, 0.717) is 13.1 Å². The SMILES string of the molecule is CC(C)(C)OC(=O)NC[C@H](C(=O)O)N1CCN(S(C)(=O)=O)CC1. The van der Waals surface area contributed by atoms with Crippen LogP contribution in [0.25, 0.3) is 0 Å². The van der Waals surface area contributed by atoms with Gasteiger partial charge in [-0.3, -0.25) is 9.69 Å². The molecule has 0 aromatic heterocycles. The van der Waals surface area contributed by atoms with E-state index in [1.165, 1.54) is 4.31 Å². The van der Waals surface area contributed by atoms with Gasteiger partial charge in [0.15, 0.2) is 0 Å². The third-order valence-corrected chi connectivity index (χ3v) is 4.61. The van der Waals surface area contributed by atoms with Crippen molar-refractivity contribution in [1.82, 2.24) is 14.5 Å². The van der Waals surface area contributed by atoms with E-state index < -0.39 is 33.7 Å². The lowest BCUT2D eigenvalue weighted by Crippen LogP contribution is -2.56. The normalized spacial score (nSPS) is 19.1. The number of carboxylic acid groups (broad SMARTS) is 1. The molecule has 0 aromatic carbocycles. The van der Waals surface area contributed by atoms with Gasteiger partial charge in [0.05, 0.1) is 6.26 Å². The molecule has 1 aliphatic rings. The van der Waals surface area contributed by atoms with Crippen LogP contribution in [0.3, 0.4) is 0 Å². The van der Waals surface area contributed by atoms with Gasteiger partial charge in [-0.15, -0.1) is 0 Å². The van der Waals surface area contributed by atoms with Crippen molar-refractivity contribution in [3.63, 3.8) is 0 Å². The van der Waals surface area contributed by atoms with Crippen molar-refractivity contribution in [3.05, 3.63) is 0 Å². The minimum Gasteiger partial charge on any atom is -0.480 e. The van der Waals surface area contributed by atoms with Gasteiger partial charge in [0.1, 0.15) is 11.6 Å². The van der Waals surface area contributed by atoms with Crippen LogP contribution in [0.5, 0.6) is 0 Å². The van der Waals surface area contributed by atoms with Crippen molar-refractivity contribution in [2.45, 2.75) is 32.4 Å². The molecule has 0 aromatic rings. The van der Waals surface area contributed by atoms with Gasteiger partial charge in [-0.2, -0.15) is 4.31 Å². The van der Waals surface area contributed by atoms with Crippen molar-refractivity contribution >= 4 is 22.1 Å². The number of sulfonamides is 1. The predicted octanol–water partition coefficient (Wildman–Crippen LogP) is -0.458. The Balaban J connectivity index is 2.57. The van der Waals surface area contributed by atoms with Crippen LogP contribution >= 0.6 is 0 Å². The summed E-state index contributed by atoms with van der Waals surface area (Å²) >= 11 is 0. The van der Waals surface area contributed by atoms with E-state index in [4.69, 9.17) is 4.74 Å². The second kappa shape index (κ2) is 7.45. The first kappa shape index (κ1) is 19.7. The number of carbonyl (C=O) groups excluding carboxylic acids is 1. The van der Waals surface area contributed by atoms with E-state index in [9.17, 15) is 23.1 Å². The van der Waals surface area contributed by atoms with E-state index in [1.807, 2.05) is 0 Å². The first-order chi connectivity index (χ1) is 10.4. The lowest BCUT2D eigenvalue weighted by atomic mass is 10.2. The molecule has 0 spiro atoms. The van der Waals surface area contributed by atoms with E-state index in [2.05, 4.69) is 5.32 Å². The number of carboxylic acids is 1. The van der Waals surface area contributed by atoms with Crippen LogP contribution in [0.4, 0.5) is 4.79 Å². The van der Waals surface area contributed by atoms with Gasteiger partial charge in [0, 0.05) is 32.7 Å². The van der Waals surface area contributed by atoms with Gasteiger partial charge < -0.3 is 15.2 Å². The average molecular weight is 351 g/mol. The predicted molar refractivity (Wildman–Crippen MR) is 83.7 cm³/mol.